The maximum absolute atomic E-state index is 13.6. The quantitative estimate of drug-likeness (QED) is 0.391. The molecule has 2 aromatic carbocycles. The van der Waals surface area contributed by atoms with Gasteiger partial charge in [-0.3, -0.25) is 9.59 Å². The Morgan fingerprint density at radius 2 is 1.91 bits per heavy atom. The van der Waals surface area contributed by atoms with E-state index in [1.807, 2.05) is 62.1 Å². The molecule has 8 heteroatoms. The van der Waals surface area contributed by atoms with Crippen LogP contribution in [0.4, 0.5) is 0 Å². The fourth-order valence-corrected chi connectivity index (χ4v) is 7.84. The van der Waals surface area contributed by atoms with Gasteiger partial charge in [-0.15, -0.1) is 0 Å². The zero-order valence-electron chi connectivity index (χ0n) is 25.3. The number of likely N-dealkylation sites (tertiary alicyclic amines) is 1. The summed E-state index contributed by atoms with van der Waals surface area (Å²) in [5.74, 6) is 1.97. The summed E-state index contributed by atoms with van der Waals surface area (Å²) in [6.07, 6.45) is 5.64. The maximum Gasteiger partial charge on any atom is 0.340 e. The topological polar surface area (TPSA) is 89.3 Å². The molecule has 0 N–H and O–H groups in total. The van der Waals surface area contributed by atoms with Gasteiger partial charge >= 0.3 is 5.63 Å². The molecule has 2 amide bonds. The van der Waals surface area contributed by atoms with Crippen LogP contribution in [0.2, 0.25) is 0 Å². The predicted octanol–water partition coefficient (Wildman–Crippen LogP) is 5.03. The predicted molar refractivity (Wildman–Crippen MR) is 163 cm³/mol. The normalized spacial score (nSPS) is 24.3. The molecule has 3 atom stereocenters. The van der Waals surface area contributed by atoms with Gasteiger partial charge in [-0.05, 0) is 75.8 Å². The van der Waals surface area contributed by atoms with Crippen molar-refractivity contribution < 1.29 is 23.5 Å². The third kappa shape index (κ3) is 5.19. The number of hydrogen-bond donors (Lipinski definition) is 0. The molecule has 4 aliphatic rings. The molecule has 3 fully saturated rings. The summed E-state index contributed by atoms with van der Waals surface area (Å²) in [6, 6.07) is 12.0. The number of benzene rings is 2. The van der Waals surface area contributed by atoms with Gasteiger partial charge in [-0.1, -0.05) is 30.3 Å². The molecular formula is C35H40N2O6. The summed E-state index contributed by atoms with van der Waals surface area (Å²) in [7, 11) is 0. The molecule has 0 unspecified atom stereocenters. The van der Waals surface area contributed by atoms with E-state index in [0.717, 1.165) is 60.7 Å². The van der Waals surface area contributed by atoms with Gasteiger partial charge < -0.3 is 23.7 Å². The van der Waals surface area contributed by atoms with Crippen LogP contribution >= 0.6 is 0 Å². The summed E-state index contributed by atoms with van der Waals surface area (Å²) in [6.45, 7) is 7.96. The summed E-state index contributed by atoms with van der Waals surface area (Å²) in [4.78, 5) is 43.5. The zero-order chi connectivity index (χ0) is 29.9. The molecule has 226 valence electrons. The van der Waals surface area contributed by atoms with E-state index in [1.165, 1.54) is 0 Å². The second-order valence-electron chi connectivity index (χ2n) is 13.5. The number of piperidine rings is 3. The van der Waals surface area contributed by atoms with Crippen LogP contribution in [-0.2, 0) is 22.4 Å². The molecule has 4 aliphatic heterocycles. The largest absolute Gasteiger partial charge is 0.487 e. The van der Waals surface area contributed by atoms with E-state index < -0.39 is 0 Å². The Kier molecular flexibility index (Phi) is 6.98. The van der Waals surface area contributed by atoms with Gasteiger partial charge in [0.15, 0.2) is 6.61 Å². The molecule has 0 saturated carbocycles. The lowest BCUT2D eigenvalue weighted by atomic mass is 9.76. The first-order chi connectivity index (χ1) is 20.7. The van der Waals surface area contributed by atoms with Crippen molar-refractivity contribution in [1.82, 2.24) is 9.80 Å². The smallest absolute Gasteiger partial charge is 0.340 e. The summed E-state index contributed by atoms with van der Waals surface area (Å²) < 4.78 is 18.7. The first-order valence-corrected chi connectivity index (χ1v) is 15.7. The molecule has 0 aliphatic carbocycles. The standard InChI is InChI=1S/C35H40N2O6/c1-21-26(15-22-8-5-4-6-9-22)34(40)42-33-25-12-13-35(2,3)43-28(25)16-29(32(21)33)41-20-31(39)36-17-23-14-24(19-36)27-10-7-11-30(38)37(27)18-23/h4-6,8-9,16,23-24,27H,7,10-15,17-20H2,1-3H3/t23-,24+,27+/m1/s1. The van der Waals surface area contributed by atoms with Crippen molar-refractivity contribution in [2.45, 2.75) is 77.4 Å². The number of rotatable bonds is 5. The molecule has 5 heterocycles. The summed E-state index contributed by atoms with van der Waals surface area (Å²) >= 11 is 0. The summed E-state index contributed by atoms with van der Waals surface area (Å²) in [5, 5.41) is 0.729. The van der Waals surface area contributed by atoms with Crippen LogP contribution in [0.25, 0.3) is 11.0 Å². The van der Waals surface area contributed by atoms with Crippen LogP contribution in [0.5, 0.6) is 11.5 Å². The molecule has 2 bridgehead atoms. The summed E-state index contributed by atoms with van der Waals surface area (Å²) in [5.41, 5.74) is 3.05. The highest BCUT2D eigenvalue weighted by atomic mass is 16.5. The first-order valence-electron chi connectivity index (χ1n) is 15.7. The van der Waals surface area contributed by atoms with Gasteiger partial charge in [-0.25, -0.2) is 4.79 Å². The lowest BCUT2D eigenvalue weighted by Crippen LogP contribution is -2.61. The van der Waals surface area contributed by atoms with Gasteiger partial charge in [-0.2, -0.15) is 0 Å². The fraction of sp³-hybridized carbons (Fsp3) is 0.514. The van der Waals surface area contributed by atoms with Crippen LogP contribution < -0.4 is 15.1 Å². The third-order valence-electron chi connectivity index (χ3n) is 10.0. The Hall–Kier alpha value is -3.81. The average molecular weight is 585 g/mol. The molecular weight excluding hydrogens is 544 g/mol. The molecule has 43 heavy (non-hydrogen) atoms. The van der Waals surface area contributed by atoms with Gasteiger partial charge in [0.2, 0.25) is 5.91 Å². The Bertz CT molecular complexity index is 1640. The van der Waals surface area contributed by atoms with Crippen LogP contribution in [0, 0.1) is 18.8 Å². The molecule has 3 saturated heterocycles. The highest BCUT2D eigenvalue weighted by molar-refractivity contribution is 5.92. The molecule has 1 aromatic heterocycles. The lowest BCUT2D eigenvalue weighted by molar-refractivity contribution is -0.149. The average Bonchev–Trinajstić information content (AvgIpc) is 2.98. The van der Waals surface area contributed by atoms with Crippen molar-refractivity contribution in [2.24, 2.45) is 11.8 Å². The molecule has 7 rings (SSSR count). The van der Waals surface area contributed by atoms with Gasteiger partial charge in [0.1, 0.15) is 22.7 Å². The Balaban J connectivity index is 1.19. The van der Waals surface area contributed by atoms with Crippen LogP contribution in [0.15, 0.2) is 45.6 Å². The van der Waals surface area contributed by atoms with Crippen LogP contribution in [-0.4, -0.2) is 59.5 Å². The number of nitrogens with zero attached hydrogens (tertiary/aromatic N) is 2. The number of ether oxygens (including phenoxy) is 2. The van der Waals surface area contributed by atoms with Gasteiger partial charge in [0, 0.05) is 55.7 Å². The van der Waals surface area contributed by atoms with E-state index in [0.29, 0.717) is 60.4 Å². The second kappa shape index (κ2) is 10.7. The minimum Gasteiger partial charge on any atom is -0.487 e. The Morgan fingerprint density at radius 1 is 1.09 bits per heavy atom. The van der Waals surface area contributed by atoms with Crippen LogP contribution in [0.3, 0.4) is 0 Å². The Labute approximate surface area is 251 Å². The molecule has 3 aromatic rings. The van der Waals surface area contributed by atoms with E-state index in [9.17, 15) is 14.4 Å². The van der Waals surface area contributed by atoms with E-state index in [4.69, 9.17) is 13.9 Å². The van der Waals surface area contributed by atoms with Crippen molar-refractivity contribution in [3.8, 4) is 11.5 Å². The molecule has 0 spiro atoms. The number of carbonyl (C=O) groups is 2. The number of fused-ring (bicyclic) bond motifs is 7. The van der Waals surface area contributed by atoms with Crippen LogP contribution in [0.1, 0.15) is 68.2 Å². The Morgan fingerprint density at radius 3 is 2.72 bits per heavy atom. The lowest BCUT2D eigenvalue weighted by Gasteiger charge is -2.52. The van der Waals surface area contributed by atoms with Crippen molar-refractivity contribution in [3.05, 3.63) is 69.1 Å². The molecule has 0 radical (unpaired) electrons. The third-order valence-corrected chi connectivity index (χ3v) is 10.0. The van der Waals surface area contributed by atoms with Crippen molar-refractivity contribution in [3.63, 3.8) is 0 Å². The van der Waals surface area contributed by atoms with Crippen molar-refractivity contribution in [1.29, 1.82) is 0 Å². The van der Waals surface area contributed by atoms with E-state index in [-0.39, 0.29) is 35.7 Å². The number of aryl methyl sites for hydroxylation is 2. The number of carbonyl (C=O) groups excluding carboxylic acids is 2. The second-order valence-corrected chi connectivity index (χ2v) is 13.5. The van der Waals surface area contributed by atoms with Crippen molar-refractivity contribution >= 4 is 22.8 Å². The van der Waals surface area contributed by atoms with E-state index in [2.05, 4.69) is 4.90 Å². The van der Waals surface area contributed by atoms with E-state index in [1.54, 1.807) is 0 Å². The maximum atomic E-state index is 13.6. The van der Waals surface area contributed by atoms with Gasteiger partial charge in [0.05, 0.1) is 5.39 Å². The number of hydrogen-bond acceptors (Lipinski definition) is 6. The zero-order valence-corrected chi connectivity index (χ0v) is 25.3. The SMILES string of the molecule is Cc1c(Cc2ccccc2)c(=O)oc2c3c(cc(OCC(=O)N4C[C@H]5C[C@@H](C4)[C@@H]4CCCC(=O)N4C5)c12)OC(C)(C)CC3. The number of amides is 2. The fourth-order valence-electron chi connectivity index (χ4n) is 7.84. The minimum absolute atomic E-state index is 0.0584. The highest BCUT2D eigenvalue weighted by Crippen LogP contribution is 2.44. The first kappa shape index (κ1) is 28.0. The van der Waals surface area contributed by atoms with E-state index >= 15 is 0 Å². The monoisotopic (exact) mass is 584 g/mol. The highest BCUT2D eigenvalue weighted by Gasteiger charge is 2.45. The molecule has 8 nitrogen and oxygen atoms in total. The van der Waals surface area contributed by atoms with Crippen molar-refractivity contribution in [2.75, 3.05) is 26.2 Å². The van der Waals surface area contributed by atoms with Gasteiger partial charge in [0.25, 0.3) is 5.91 Å². The minimum atomic E-state index is -0.365.